The minimum atomic E-state index is -0.187. The van der Waals surface area contributed by atoms with Gasteiger partial charge in [-0.3, -0.25) is 4.98 Å². The molecule has 0 unspecified atom stereocenters. The van der Waals surface area contributed by atoms with Crippen LogP contribution in [-0.2, 0) is 11.8 Å². The number of amidine groups is 1. The molecular formula is C60H45N3. The van der Waals surface area contributed by atoms with Crippen molar-refractivity contribution in [3.8, 4) is 44.5 Å². The van der Waals surface area contributed by atoms with E-state index in [1.54, 1.807) is 6.20 Å². The highest BCUT2D eigenvalue weighted by Gasteiger charge is 2.39. The molecule has 0 bridgehead atoms. The zero-order chi connectivity index (χ0) is 42.5. The minimum Gasteiger partial charge on any atom is -0.383 e. The van der Waals surface area contributed by atoms with E-state index >= 15 is 0 Å². The molecule has 0 atom stereocenters. The highest BCUT2D eigenvalue weighted by atomic mass is 14.9. The fourth-order valence-electron chi connectivity index (χ4n) is 10.1. The van der Waals surface area contributed by atoms with E-state index in [0.29, 0.717) is 12.3 Å². The Hall–Kier alpha value is -7.88. The highest BCUT2D eigenvalue weighted by molar-refractivity contribution is 6.13. The fourth-order valence-corrected chi connectivity index (χ4v) is 10.1. The van der Waals surface area contributed by atoms with E-state index in [4.69, 9.17) is 10.7 Å². The van der Waals surface area contributed by atoms with Crippen LogP contribution in [0.3, 0.4) is 0 Å². The lowest BCUT2D eigenvalue weighted by atomic mass is 9.76. The summed E-state index contributed by atoms with van der Waals surface area (Å²) in [6, 6.07) is 69.8. The van der Waals surface area contributed by atoms with E-state index in [2.05, 4.69) is 183 Å². The van der Waals surface area contributed by atoms with Crippen molar-refractivity contribution in [3.63, 3.8) is 0 Å². The molecular weight excluding hydrogens is 763 g/mol. The molecule has 1 aliphatic carbocycles. The Balaban J connectivity index is 1.04. The number of nitrogens with zero attached hydrogens (tertiary/aromatic N) is 2. The van der Waals surface area contributed by atoms with Crippen LogP contribution in [0.25, 0.3) is 82.5 Å². The van der Waals surface area contributed by atoms with Crippen LogP contribution in [0.2, 0.25) is 0 Å². The Kier molecular flexibility index (Phi) is 9.39. The second kappa shape index (κ2) is 15.5. The molecule has 0 aliphatic heterocycles. The van der Waals surface area contributed by atoms with Gasteiger partial charge in [-0.1, -0.05) is 208 Å². The third-order valence-electron chi connectivity index (χ3n) is 13.0. The molecule has 1 aromatic heterocycles. The Labute approximate surface area is 368 Å². The zero-order valence-electron chi connectivity index (χ0n) is 35.4. The van der Waals surface area contributed by atoms with Crippen LogP contribution < -0.4 is 5.73 Å². The van der Waals surface area contributed by atoms with Gasteiger partial charge in [0, 0.05) is 28.9 Å². The number of hydrogen-bond donors (Lipinski definition) is 1. The second-order valence-corrected chi connectivity index (χ2v) is 17.1. The Morgan fingerprint density at radius 3 is 1.81 bits per heavy atom. The van der Waals surface area contributed by atoms with Crippen LogP contribution in [0.5, 0.6) is 0 Å². The van der Waals surface area contributed by atoms with Crippen LogP contribution in [0, 0.1) is 0 Å². The zero-order valence-corrected chi connectivity index (χ0v) is 35.4. The van der Waals surface area contributed by atoms with Crippen molar-refractivity contribution in [2.24, 2.45) is 10.7 Å². The molecule has 3 heteroatoms. The molecule has 63 heavy (non-hydrogen) atoms. The molecule has 1 aliphatic rings. The van der Waals surface area contributed by atoms with Crippen molar-refractivity contribution in [2.75, 3.05) is 0 Å². The molecule has 10 aromatic rings. The number of benzene rings is 9. The lowest BCUT2D eigenvalue weighted by Crippen LogP contribution is -2.17. The second-order valence-electron chi connectivity index (χ2n) is 17.1. The Morgan fingerprint density at radius 2 is 1.08 bits per heavy atom. The minimum absolute atomic E-state index is 0.187. The molecule has 11 rings (SSSR count). The molecule has 0 saturated carbocycles. The van der Waals surface area contributed by atoms with Crippen molar-refractivity contribution < 1.29 is 0 Å². The molecule has 9 aromatic carbocycles. The summed E-state index contributed by atoms with van der Waals surface area (Å²) in [5.41, 5.74) is 23.2. The van der Waals surface area contributed by atoms with Crippen LogP contribution >= 0.6 is 0 Å². The van der Waals surface area contributed by atoms with Gasteiger partial charge in [0.15, 0.2) is 0 Å². The van der Waals surface area contributed by atoms with E-state index in [9.17, 15) is 0 Å². The number of hydrogen-bond acceptors (Lipinski definition) is 2. The number of aliphatic imine (C=N–C) groups is 1. The number of nitrogens with two attached hydrogens (primary N) is 1. The van der Waals surface area contributed by atoms with E-state index in [1.807, 2.05) is 42.6 Å². The Bertz CT molecular complexity index is 3450. The largest absolute Gasteiger partial charge is 0.383 e. The summed E-state index contributed by atoms with van der Waals surface area (Å²) in [7, 11) is 0. The number of aromatic nitrogens is 1. The summed E-state index contributed by atoms with van der Waals surface area (Å²) in [4.78, 5) is 9.53. The molecule has 0 fully saturated rings. The van der Waals surface area contributed by atoms with Crippen molar-refractivity contribution in [1.29, 1.82) is 0 Å². The van der Waals surface area contributed by atoms with Gasteiger partial charge >= 0.3 is 0 Å². The SMILES string of the molecule is CC1(C)c2c(cccc2-c2ccc(-c3ccc(/C(=C/Cc4cccc(-c5cccnc5)c4)N=C(N)c4ccccc4)c4ccccc34)c3ccccc23)-c2ccc3ccccc3c21. The third-order valence-corrected chi connectivity index (χ3v) is 13.0. The standard InChI is InChI=1S/C60H45N3/c1-60(2)57-44-21-7-6-16-40(44)29-30-55(57)54-27-13-26-53(58(54)60)51-32-31-49(45-22-8-9-23-46(45)51)50-33-34-52(48-25-11-10-24-47(48)50)56(63-59(61)41-17-4-3-5-18-41)35-28-39-15-12-19-42(37-39)43-20-14-36-62-38-43/h3-27,29-38H,28H2,1-2H3,(H2,61,63)/b56-35-. The van der Waals surface area contributed by atoms with Crippen molar-refractivity contribution in [3.05, 3.63) is 240 Å². The molecule has 0 radical (unpaired) electrons. The molecule has 0 saturated heterocycles. The van der Waals surface area contributed by atoms with Crippen molar-refractivity contribution in [1.82, 2.24) is 4.98 Å². The van der Waals surface area contributed by atoms with Gasteiger partial charge < -0.3 is 5.73 Å². The third kappa shape index (κ3) is 6.61. The summed E-state index contributed by atoms with van der Waals surface area (Å²) in [5, 5.41) is 7.36. The molecule has 0 amide bonds. The summed E-state index contributed by atoms with van der Waals surface area (Å²) < 4.78 is 0. The number of allylic oxidation sites excluding steroid dienone is 1. The predicted octanol–water partition coefficient (Wildman–Crippen LogP) is 14.8. The Morgan fingerprint density at radius 1 is 0.508 bits per heavy atom. The van der Waals surface area contributed by atoms with Gasteiger partial charge in [-0.2, -0.15) is 0 Å². The van der Waals surface area contributed by atoms with Gasteiger partial charge in [-0.05, 0) is 106 Å². The first-order chi connectivity index (χ1) is 30.9. The average Bonchev–Trinajstić information content (AvgIpc) is 3.59. The smallest absolute Gasteiger partial charge is 0.131 e. The highest BCUT2D eigenvalue weighted by Crippen LogP contribution is 2.55. The molecule has 3 nitrogen and oxygen atoms in total. The van der Waals surface area contributed by atoms with Gasteiger partial charge in [0.05, 0.1) is 5.70 Å². The summed E-state index contributed by atoms with van der Waals surface area (Å²) >= 11 is 0. The van der Waals surface area contributed by atoms with Crippen molar-refractivity contribution >= 4 is 43.9 Å². The van der Waals surface area contributed by atoms with E-state index in [0.717, 1.165) is 38.7 Å². The molecule has 2 N–H and O–H groups in total. The van der Waals surface area contributed by atoms with Crippen LogP contribution in [0.4, 0.5) is 0 Å². The van der Waals surface area contributed by atoms with Gasteiger partial charge in [-0.25, -0.2) is 4.99 Å². The quantitative estimate of drug-likeness (QED) is 0.123. The maximum absolute atomic E-state index is 6.79. The average molecular weight is 808 g/mol. The first-order valence-electron chi connectivity index (χ1n) is 21.7. The molecule has 0 spiro atoms. The maximum atomic E-state index is 6.79. The predicted molar refractivity (Wildman–Crippen MR) is 266 cm³/mol. The first-order valence-corrected chi connectivity index (χ1v) is 21.7. The van der Waals surface area contributed by atoms with Crippen LogP contribution in [0.15, 0.2) is 218 Å². The van der Waals surface area contributed by atoms with E-state index in [-0.39, 0.29) is 5.41 Å². The summed E-state index contributed by atoms with van der Waals surface area (Å²) in [5.74, 6) is 0.479. The topological polar surface area (TPSA) is 51.3 Å². The maximum Gasteiger partial charge on any atom is 0.131 e. The van der Waals surface area contributed by atoms with Gasteiger partial charge in [0.1, 0.15) is 5.84 Å². The van der Waals surface area contributed by atoms with Crippen LogP contribution in [-0.4, -0.2) is 10.8 Å². The molecule has 1 heterocycles. The number of rotatable bonds is 8. The summed E-state index contributed by atoms with van der Waals surface area (Å²) in [6.07, 6.45) is 6.61. The normalized spacial score (nSPS) is 13.4. The lowest BCUT2D eigenvalue weighted by molar-refractivity contribution is 0.668. The van der Waals surface area contributed by atoms with Gasteiger partial charge in [0.25, 0.3) is 0 Å². The first kappa shape index (κ1) is 38.1. The summed E-state index contributed by atoms with van der Waals surface area (Å²) in [6.45, 7) is 4.80. The monoisotopic (exact) mass is 807 g/mol. The van der Waals surface area contributed by atoms with Gasteiger partial charge in [0.2, 0.25) is 0 Å². The number of fused-ring (bicyclic) bond motifs is 7. The van der Waals surface area contributed by atoms with E-state index in [1.165, 1.54) is 71.6 Å². The lowest BCUT2D eigenvalue weighted by Gasteiger charge is -2.26. The molecule has 300 valence electrons. The number of pyridine rings is 1. The fraction of sp³-hybridized carbons (Fsp3) is 0.0667. The van der Waals surface area contributed by atoms with Gasteiger partial charge in [-0.15, -0.1) is 0 Å². The van der Waals surface area contributed by atoms with Crippen molar-refractivity contribution in [2.45, 2.75) is 25.7 Å². The van der Waals surface area contributed by atoms with Crippen LogP contribution in [0.1, 0.15) is 41.7 Å². The van der Waals surface area contributed by atoms with E-state index < -0.39 is 0 Å².